The van der Waals surface area contributed by atoms with Crippen molar-refractivity contribution in [3.05, 3.63) is 33.8 Å². The van der Waals surface area contributed by atoms with E-state index >= 15 is 0 Å². The normalized spacial score (nSPS) is 26.1. The molecule has 1 aliphatic heterocycles. The van der Waals surface area contributed by atoms with Crippen LogP contribution in [0.5, 0.6) is 0 Å². The number of halogens is 3. The summed E-state index contributed by atoms with van der Waals surface area (Å²) in [5.74, 6) is 0.538. The summed E-state index contributed by atoms with van der Waals surface area (Å²) in [7, 11) is 0. The molecular weight excluding hydrogens is 277 g/mol. The quantitative estimate of drug-likeness (QED) is 0.728. The standard InChI is InChI=1S/C13H16Cl3N/c1-9-7-17(5-4-12(9)15)8-10-2-3-11(14)6-13(10)16/h2-3,6,9,12H,4-5,7-8H2,1H3. The first-order chi connectivity index (χ1) is 8.06. The Kier molecular flexibility index (Phi) is 4.59. The second-order valence-corrected chi connectivity index (χ2v) is 6.16. The Hall–Kier alpha value is 0.0500. The van der Waals surface area contributed by atoms with E-state index in [0.717, 1.165) is 36.6 Å². The van der Waals surface area contributed by atoms with Crippen LogP contribution in [0.4, 0.5) is 0 Å². The second kappa shape index (κ2) is 5.79. The van der Waals surface area contributed by atoms with Gasteiger partial charge in [0, 0.05) is 28.5 Å². The number of rotatable bonds is 2. The third-order valence-electron chi connectivity index (χ3n) is 3.29. The van der Waals surface area contributed by atoms with Crippen LogP contribution in [0.25, 0.3) is 0 Å². The van der Waals surface area contributed by atoms with Crippen LogP contribution in [0.1, 0.15) is 18.9 Å². The molecule has 1 saturated heterocycles. The van der Waals surface area contributed by atoms with E-state index in [1.165, 1.54) is 0 Å². The number of hydrogen-bond donors (Lipinski definition) is 0. The van der Waals surface area contributed by atoms with Gasteiger partial charge in [0.15, 0.2) is 0 Å². The molecule has 1 aromatic rings. The van der Waals surface area contributed by atoms with E-state index < -0.39 is 0 Å². The number of likely N-dealkylation sites (tertiary alicyclic amines) is 1. The van der Waals surface area contributed by atoms with Crippen molar-refractivity contribution in [1.29, 1.82) is 0 Å². The van der Waals surface area contributed by atoms with Gasteiger partial charge in [0.05, 0.1) is 0 Å². The lowest BCUT2D eigenvalue weighted by molar-refractivity contribution is 0.180. The highest BCUT2D eigenvalue weighted by atomic mass is 35.5. The van der Waals surface area contributed by atoms with Crippen LogP contribution < -0.4 is 0 Å². The van der Waals surface area contributed by atoms with Crippen molar-refractivity contribution in [2.75, 3.05) is 13.1 Å². The first-order valence-electron chi connectivity index (χ1n) is 5.86. The number of hydrogen-bond acceptors (Lipinski definition) is 1. The molecule has 1 aliphatic rings. The SMILES string of the molecule is CC1CN(Cc2ccc(Cl)cc2Cl)CCC1Cl. The molecule has 0 spiro atoms. The molecule has 0 N–H and O–H groups in total. The van der Waals surface area contributed by atoms with Gasteiger partial charge in [0.25, 0.3) is 0 Å². The van der Waals surface area contributed by atoms with Gasteiger partial charge in [-0.05, 0) is 36.6 Å². The first kappa shape index (κ1) is 13.5. The predicted molar refractivity (Wildman–Crippen MR) is 75.2 cm³/mol. The molecule has 1 aromatic carbocycles. The van der Waals surface area contributed by atoms with Crippen LogP contribution in [0.15, 0.2) is 18.2 Å². The Morgan fingerprint density at radius 2 is 2.12 bits per heavy atom. The molecule has 0 bridgehead atoms. The van der Waals surface area contributed by atoms with Crippen molar-refractivity contribution in [2.24, 2.45) is 5.92 Å². The lowest BCUT2D eigenvalue weighted by atomic mass is 9.99. The van der Waals surface area contributed by atoms with E-state index in [1.54, 1.807) is 6.07 Å². The molecule has 94 valence electrons. The molecule has 2 unspecified atom stereocenters. The highest BCUT2D eigenvalue weighted by molar-refractivity contribution is 6.35. The van der Waals surface area contributed by atoms with E-state index in [-0.39, 0.29) is 0 Å². The maximum Gasteiger partial charge on any atom is 0.0465 e. The number of alkyl halides is 1. The molecule has 0 saturated carbocycles. The summed E-state index contributed by atoms with van der Waals surface area (Å²) in [5, 5.41) is 1.75. The molecule has 1 fully saturated rings. The fourth-order valence-corrected chi connectivity index (χ4v) is 2.88. The average molecular weight is 293 g/mol. The number of piperidine rings is 1. The van der Waals surface area contributed by atoms with E-state index in [9.17, 15) is 0 Å². The molecule has 1 heterocycles. The van der Waals surface area contributed by atoms with E-state index in [2.05, 4.69) is 11.8 Å². The highest BCUT2D eigenvalue weighted by Gasteiger charge is 2.24. The molecular formula is C13H16Cl3N. The molecule has 2 atom stereocenters. The first-order valence-corrected chi connectivity index (χ1v) is 7.06. The monoisotopic (exact) mass is 291 g/mol. The van der Waals surface area contributed by atoms with Gasteiger partial charge >= 0.3 is 0 Å². The van der Waals surface area contributed by atoms with Crippen molar-refractivity contribution in [3.63, 3.8) is 0 Å². The van der Waals surface area contributed by atoms with Crippen molar-refractivity contribution in [2.45, 2.75) is 25.3 Å². The summed E-state index contributed by atoms with van der Waals surface area (Å²) < 4.78 is 0. The minimum absolute atomic E-state index is 0.312. The van der Waals surface area contributed by atoms with E-state index in [0.29, 0.717) is 16.3 Å². The Morgan fingerprint density at radius 1 is 1.35 bits per heavy atom. The van der Waals surface area contributed by atoms with Crippen LogP contribution in [0.3, 0.4) is 0 Å². The molecule has 1 nitrogen and oxygen atoms in total. The fourth-order valence-electron chi connectivity index (χ4n) is 2.24. The van der Waals surface area contributed by atoms with Crippen LogP contribution in [0, 0.1) is 5.92 Å². The lowest BCUT2D eigenvalue weighted by Crippen LogP contribution is -2.39. The zero-order valence-corrected chi connectivity index (χ0v) is 12.1. The van der Waals surface area contributed by atoms with Gasteiger partial charge in [0.1, 0.15) is 0 Å². The number of nitrogens with zero attached hydrogens (tertiary/aromatic N) is 1. The van der Waals surface area contributed by atoms with Crippen molar-refractivity contribution < 1.29 is 0 Å². The van der Waals surface area contributed by atoms with Crippen LogP contribution in [-0.2, 0) is 6.54 Å². The summed E-state index contributed by atoms with van der Waals surface area (Å²) >= 11 is 18.3. The third-order valence-corrected chi connectivity index (χ3v) is 4.53. The van der Waals surface area contributed by atoms with Gasteiger partial charge in [-0.1, -0.05) is 36.2 Å². The Labute approximate surface area is 118 Å². The zero-order valence-electron chi connectivity index (χ0n) is 9.80. The molecule has 0 amide bonds. The van der Waals surface area contributed by atoms with Crippen LogP contribution in [0.2, 0.25) is 10.0 Å². The van der Waals surface area contributed by atoms with Gasteiger partial charge in [0.2, 0.25) is 0 Å². The summed E-state index contributed by atoms with van der Waals surface area (Å²) in [5.41, 5.74) is 1.14. The average Bonchev–Trinajstić information content (AvgIpc) is 2.27. The molecule has 0 aromatic heterocycles. The summed E-state index contributed by atoms with van der Waals surface area (Å²) in [6.07, 6.45) is 1.05. The van der Waals surface area contributed by atoms with Crippen LogP contribution in [-0.4, -0.2) is 23.4 Å². The van der Waals surface area contributed by atoms with Crippen molar-refractivity contribution >= 4 is 34.8 Å². The van der Waals surface area contributed by atoms with Crippen molar-refractivity contribution in [3.8, 4) is 0 Å². The third kappa shape index (κ3) is 3.51. The number of benzene rings is 1. The van der Waals surface area contributed by atoms with Gasteiger partial charge < -0.3 is 0 Å². The molecule has 4 heteroatoms. The summed E-state index contributed by atoms with van der Waals surface area (Å²) in [6, 6.07) is 5.69. The summed E-state index contributed by atoms with van der Waals surface area (Å²) in [4.78, 5) is 2.40. The fraction of sp³-hybridized carbons (Fsp3) is 0.538. The van der Waals surface area contributed by atoms with Gasteiger partial charge in [-0.25, -0.2) is 0 Å². The Balaban J connectivity index is 2.01. The molecule has 2 rings (SSSR count). The maximum atomic E-state index is 6.22. The minimum atomic E-state index is 0.312. The van der Waals surface area contributed by atoms with Crippen LogP contribution >= 0.6 is 34.8 Å². The van der Waals surface area contributed by atoms with Gasteiger partial charge in [-0.15, -0.1) is 11.6 Å². The van der Waals surface area contributed by atoms with E-state index in [1.807, 2.05) is 12.1 Å². The smallest absolute Gasteiger partial charge is 0.0465 e. The molecule has 0 radical (unpaired) electrons. The van der Waals surface area contributed by atoms with E-state index in [4.69, 9.17) is 34.8 Å². The van der Waals surface area contributed by atoms with Gasteiger partial charge in [-0.2, -0.15) is 0 Å². The highest BCUT2D eigenvalue weighted by Crippen LogP contribution is 2.26. The largest absolute Gasteiger partial charge is 0.299 e. The van der Waals surface area contributed by atoms with Crippen molar-refractivity contribution in [1.82, 2.24) is 4.90 Å². The minimum Gasteiger partial charge on any atom is -0.299 e. The maximum absolute atomic E-state index is 6.22. The lowest BCUT2D eigenvalue weighted by Gasteiger charge is -2.34. The zero-order chi connectivity index (χ0) is 12.4. The molecule has 0 aliphatic carbocycles. The second-order valence-electron chi connectivity index (χ2n) is 4.75. The molecule has 17 heavy (non-hydrogen) atoms. The summed E-state index contributed by atoms with van der Waals surface area (Å²) in [6.45, 7) is 5.15. The predicted octanol–water partition coefficient (Wildman–Crippen LogP) is 4.44. The van der Waals surface area contributed by atoms with Gasteiger partial charge in [-0.3, -0.25) is 4.90 Å². The Morgan fingerprint density at radius 3 is 2.76 bits per heavy atom. The topological polar surface area (TPSA) is 3.24 Å². The Bertz CT molecular complexity index is 394.